The maximum Gasteiger partial charge on any atom is 0.294 e. The fourth-order valence-electron chi connectivity index (χ4n) is 3.11. The van der Waals surface area contributed by atoms with E-state index in [-0.39, 0.29) is 17.6 Å². The molecule has 1 heterocycles. The van der Waals surface area contributed by atoms with Crippen molar-refractivity contribution < 1.29 is 23.9 Å². The number of hydrogen-bond donors (Lipinski definition) is 1. The lowest BCUT2D eigenvalue weighted by Gasteiger charge is -2.16. The van der Waals surface area contributed by atoms with Gasteiger partial charge in [-0.05, 0) is 74.4 Å². The Morgan fingerprint density at radius 3 is 2.61 bits per heavy atom. The summed E-state index contributed by atoms with van der Waals surface area (Å²) in [7, 11) is 0. The number of carbonyl (C=O) groups excluding carboxylic acids is 3. The molecular weight excluding hydrogens is 440 g/mol. The van der Waals surface area contributed by atoms with Gasteiger partial charge in [0.05, 0.1) is 17.6 Å². The monoisotopic (exact) mass is 468 g/mol. The van der Waals surface area contributed by atoms with Crippen molar-refractivity contribution in [3.05, 3.63) is 58.5 Å². The molecular formula is C25H28N2O5S. The van der Waals surface area contributed by atoms with Gasteiger partial charge >= 0.3 is 0 Å². The maximum atomic E-state index is 12.8. The smallest absolute Gasteiger partial charge is 0.294 e. The molecule has 0 saturated carbocycles. The minimum Gasteiger partial charge on any atom is -0.490 e. The van der Waals surface area contributed by atoms with Crippen molar-refractivity contribution in [1.82, 2.24) is 4.90 Å². The zero-order valence-electron chi connectivity index (χ0n) is 19.2. The van der Waals surface area contributed by atoms with Gasteiger partial charge in [0.15, 0.2) is 11.5 Å². The Labute approximate surface area is 198 Å². The Kier molecular flexibility index (Phi) is 8.16. The number of carbonyl (C=O) groups is 3. The van der Waals surface area contributed by atoms with Crippen molar-refractivity contribution in [1.29, 1.82) is 0 Å². The number of imide groups is 1. The molecule has 33 heavy (non-hydrogen) atoms. The number of nitrogens with zero attached hydrogens (tertiary/aromatic N) is 1. The summed E-state index contributed by atoms with van der Waals surface area (Å²) in [4.78, 5) is 38.9. The number of rotatable bonds is 9. The standard InChI is InChI=1S/C25H28N2O5S/c1-5-17(4)32-20-12-11-18(13-21(20)31-6-2)14-22-24(29)27(25(30)33-22)15-23(28)26-19-10-8-7-9-16(19)3/h7-14,17H,5-6,15H2,1-4H3,(H,26,28)/b22-14+/t17-/m1/s1. The van der Waals surface area contributed by atoms with Gasteiger partial charge in [-0.2, -0.15) is 0 Å². The number of thioether (sulfide) groups is 1. The second-order valence-corrected chi connectivity index (χ2v) is 8.60. The predicted octanol–water partition coefficient (Wildman–Crippen LogP) is 5.25. The average Bonchev–Trinajstić information content (AvgIpc) is 3.04. The normalized spacial score (nSPS) is 15.6. The zero-order valence-corrected chi connectivity index (χ0v) is 20.0. The summed E-state index contributed by atoms with van der Waals surface area (Å²) >= 11 is 0.812. The highest BCUT2D eigenvalue weighted by Crippen LogP contribution is 2.35. The molecule has 2 aromatic rings. The lowest BCUT2D eigenvalue weighted by molar-refractivity contribution is -0.127. The molecule has 0 unspecified atom stereocenters. The second kappa shape index (κ2) is 11.0. The fourth-order valence-corrected chi connectivity index (χ4v) is 3.95. The summed E-state index contributed by atoms with van der Waals surface area (Å²) in [5.74, 6) is 0.272. The minimum absolute atomic E-state index is 0.0392. The lowest BCUT2D eigenvalue weighted by Crippen LogP contribution is -2.36. The van der Waals surface area contributed by atoms with Gasteiger partial charge in [-0.15, -0.1) is 0 Å². The van der Waals surface area contributed by atoms with Gasteiger partial charge in [-0.25, -0.2) is 0 Å². The zero-order chi connectivity index (χ0) is 24.0. The van der Waals surface area contributed by atoms with Crippen LogP contribution in [0.5, 0.6) is 11.5 Å². The van der Waals surface area contributed by atoms with Crippen LogP contribution in [0.1, 0.15) is 38.3 Å². The van der Waals surface area contributed by atoms with Crippen LogP contribution in [0, 0.1) is 6.92 Å². The van der Waals surface area contributed by atoms with E-state index in [9.17, 15) is 14.4 Å². The number of aryl methyl sites for hydroxylation is 1. The van der Waals surface area contributed by atoms with Crippen molar-refractivity contribution in [3.8, 4) is 11.5 Å². The van der Waals surface area contributed by atoms with Crippen LogP contribution in [0.3, 0.4) is 0 Å². The second-order valence-electron chi connectivity index (χ2n) is 7.61. The third-order valence-electron chi connectivity index (χ3n) is 5.06. The number of benzene rings is 2. The first-order valence-electron chi connectivity index (χ1n) is 10.9. The Balaban J connectivity index is 1.74. The largest absolute Gasteiger partial charge is 0.490 e. The summed E-state index contributed by atoms with van der Waals surface area (Å²) in [6, 6.07) is 12.7. The van der Waals surface area contributed by atoms with E-state index in [0.717, 1.165) is 28.6 Å². The Hall–Kier alpha value is -3.26. The van der Waals surface area contributed by atoms with Crippen molar-refractivity contribution >= 4 is 40.6 Å². The van der Waals surface area contributed by atoms with Gasteiger partial charge in [0.1, 0.15) is 6.54 Å². The Bertz CT molecular complexity index is 1080. The molecule has 1 fully saturated rings. The number of nitrogens with one attached hydrogen (secondary N) is 1. The molecule has 1 N–H and O–H groups in total. The first kappa shape index (κ1) is 24.4. The Morgan fingerprint density at radius 2 is 1.91 bits per heavy atom. The number of amides is 3. The molecule has 3 rings (SSSR count). The van der Waals surface area contributed by atoms with E-state index in [1.54, 1.807) is 36.4 Å². The SMILES string of the molecule is CCOc1cc(/C=C2/SC(=O)N(CC(=O)Nc3ccccc3C)C2=O)ccc1O[C@H](C)CC. The maximum absolute atomic E-state index is 12.8. The molecule has 0 aromatic heterocycles. The number of para-hydroxylation sites is 1. The molecule has 1 atom stereocenters. The van der Waals surface area contributed by atoms with Crippen LogP contribution in [0.2, 0.25) is 0 Å². The summed E-state index contributed by atoms with van der Waals surface area (Å²) in [6.07, 6.45) is 2.52. The molecule has 0 bridgehead atoms. The Morgan fingerprint density at radius 1 is 1.15 bits per heavy atom. The van der Waals surface area contributed by atoms with E-state index >= 15 is 0 Å². The molecule has 0 aliphatic carbocycles. The highest BCUT2D eigenvalue weighted by molar-refractivity contribution is 8.18. The number of hydrogen-bond acceptors (Lipinski definition) is 6. The molecule has 8 heteroatoms. The van der Waals surface area contributed by atoms with E-state index in [4.69, 9.17) is 9.47 Å². The summed E-state index contributed by atoms with van der Waals surface area (Å²) in [5, 5.41) is 2.27. The van der Waals surface area contributed by atoms with Crippen LogP contribution < -0.4 is 14.8 Å². The average molecular weight is 469 g/mol. The molecule has 1 saturated heterocycles. The van der Waals surface area contributed by atoms with Gasteiger partial charge < -0.3 is 14.8 Å². The topological polar surface area (TPSA) is 84.9 Å². The molecule has 2 aromatic carbocycles. The summed E-state index contributed by atoms with van der Waals surface area (Å²) in [6.45, 7) is 7.89. The van der Waals surface area contributed by atoms with E-state index in [2.05, 4.69) is 5.32 Å². The minimum atomic E-state index is -0.497. The quantitative estimate of drug-likeness (QED) is 0.506. The first-order valence-corrected chi connectivity index (χ1v) is 11.7. The van der Waals surface area contributed by atoms with Crippen LogP contribution in [-0.4, -0.2) is 41.2 Å². The highest BCUT2D eigenvalue weighted by Gasteiger charge is 2.36. The van der Waals surface area contributed by atoms with E-state index in [0.29, 0.717) is 29.4 Å². The molecule has 0 radical (unpaired) electrons. The van der Waals surface area contributed by atoms with E-state index < -0.39 is 17.1 Å². The van der Waals surface area contributed by atoms with Gasteiger partial charge in [-0.3, -0.25) is 19.3 Å². The van der Waals surface area contributed by atoms with Crippen molar-refractivity contribution in [2.24, 2.45) is 0 Å². The first-order chi connectivity index (χ1) is 15.8. The van der Waals surface area contributed by atoms with Gasteiger partial charge in [0, 0.05) is 5.69 Å². The number of anilines is 1. The van der Waals surface area contributed by atoms with Gasteiger partial charge in [-0.1, -0.05) is 31.2 Å². The third-order valence-corrected chi connectivity index (χ3v) is 5.97. The molecule has 1 aliphatic rings. The number of ether oxygens (including phenoxy) is 2. The van der Waals surface area contributed by atoms with Gasteiger partial charge in [0.25, 0.3) is 11.1 Å². The van der Waals surface area contributed by atoms with Crippen LogP contribution in [0.15, 0.2) is 47.4 Å². The van der Waals surface area contributed by atoms with Gasteiger partial charge in [0.2, 0.25) is 5.91 Å². The van der Waals surface area contributed by atoms with Crippen molar-refractivity contribution in [2.75, 3.05) is 18.5 Å². The van der Waals surface area contributed by atoms with Crippen LogP contribution in [-0.2, 0) is 9.59 Å². The molecule has 7 nitrogen and oxygen atoms in total. The molecule has 174 valence electrons. The third kappa shape index (κ3) is 6.16. The summed E-state index contributed by atoms with van der Waals surface area (Å²) in [5.41, 5.74) is 2.24. The lowest BCUT2D eigenvalue weighted by atomic mass is 10.1. The van der Waals surface area contributed by atoms with Crippen LogP contribution >= 0.6 is 11.8 Å². The van der Waals surface area contributed by atoms with Crippen molar-refractivity contribution in [3.63, 3.8) is 0 Å². The van der Waals surface area contributed by atoms with E-state index in [1.165, 1.54) is 0 Å². The molecule has 3 amide bonds. The van der Waals surface area contributed by atoms with Crippen molar-refractivity contribution in [2.45, 2.75) is 40.2 Å². The highest BCUT2D eigenvalue weighted by atomic mass is 32.2. The predicted molar refractivity (Wildman–Crippen MR) is 130 cm³/mol. The van der Waals surface area contributed by atoms with Crippen LogP contribution in [0.4, 0.5) is 10.5 Å². The molecule has 1 aliphatic heterocycles. The fraction of sp³-hybridized carbons (Fsp3) is 0.320. The van der Waals surface area contributed by atoms with Crippen LogP contribution in [0.25, 0.3) is 6.08 Å². The molecule has 0 spiro atoms. The van der Waals surface area contributed by atoms with E-state index in [1.807, 2.05) is 39.8 Å². The summed E-state index contributed by atoms with van der Waals surface area (Å²) < 4.78 is 11.6.